The molecular weight excluding hydrogens is 243 g/mol. The van der Waals surface area contributed by atoms with Crippen molar-refractivity contribution in [2.24, 2.45) is 0 Å². The zero-order valence-electron chi connectivity index (χ0n) is 9.45. The summed E-state index contributed by atoms with van der Waals surface area (Å²) >= 11 is 0. The predicted octanol–water partition coefficient (Wildman–Crippen LogP) is 0.513. The number of aliphatic hydroxyl groups excluding tert-OH is 1. The second kappa shape index (κ2) is 7.50. The molecular formula is C10H17N2O4P. The lowest BCUT2D eigenvalue weighted by Gasteiger charge is -2.25. The van der Waals surface area contributed by atoms with Crippen molar-refractivity contribution in [3.8, 4) is 0 Å². The van der Waals surface area contributed by atoms with Gasteiger partial charge in [0.15, 0.2) is 8.46 Å². The van der Waals surface area contributed by atoms with Gasteiger partial charge < -0.3 is 10.4 Å². The van der Waals surface area contributed by atoms with Crippen molar-refractivity contribution in [1.29, 1.82) is 0 Å². The molecule has 0 spiro atoms. The summed E-state index contributed by atoms with van der Waals surface area (Å²) in [6, 6.07) is -0.263. The molecule has 0 heterocycles. The molecule has 0 aromatic carbocycles. The van der Waals surface area contributed by atoms with Gasteiger partial charge in [-0.1, -0.05) is 12.2 Å². The summed E-state index contributed by atoms with van der Waals surface area (Å²) in [7, 11) is -0.382. The van der Waals surface area contributed by atoms with Gasteiger partial charge in [-0.15, -0.1) is 0 Å². The molecule has 17 heavy (non-hydrogen) atoms. The number of aliphatic hydroxyl groups is 1. The Morgan fingerprint density at radius 3 is 3.00 bits per heavy atom. The highest BCUT2D eigenvalue weighted by atomic mass is 31.1. The van der Waals surface area contributed by atoms with Crippen LogP contribution >= 0.6 is 8.46 Å². The van der Waals surface area contributed by atoms with Crippen LogP contribution in [0.3, 0.4) is 0 Å². The van der Waals surface area contributed by atoms with E-state index in [2.05, 4.69) is 5.32 Å². The Morgan fingerprint density at radius 2 is 2.41 bits per heavy atom. The fraction of sp³-hybridized carbons (Fsp3) is 0.700. The molecule has 6 nitrogen and oxygen atoms in total. The number of rotatable bonds is 6. The number of carbonyl (C=O) groups excluding carboxylic acids is 1. The Balaban J connectivity index is 2.28. The quantitative estimate of drug-likeness (QED) is 0.280. The Labute approximate surface area is 101 Å². The number of nitrogens with zero attached hydrogens (tertiary/aromatic N) is 1. The van der Waals surface area contributed by atoms with Gasteiger partial charge in [0.05, 0.1) is 12.6 Å². The Bertz CT molecular complexity index is 298. The first-order chi connectivity index (χ1) is 8.15. The normalized spacial score (nSPS) is 21.4. The van der Waals surface area contributed by atoms with E-state index in [4.69, 9.17) is 5.11 Å². The Morgan fingerprint density at radius 1 is 1.65 bits per heavy atom. The maximum Gasteiger partial charge on any atom is 0.260 e. The predicted molar refractivity (Wildman–Crippen MR) is 61.9 cm³/mol. The van der Waals surface area contributed by atoms with Gasteiger partial charge in [-0.2, -0.15) is 0 Å². The van der Waals surface area contributed by atoms with Crippen molar-refractivity contribution in [2.75, 3.05) is 13.1 Å². The van der Waals surface area contributed by atoms with Crippen LogP contribution in [0, 0.1) is 0 Å². The molecule has 96 valence electrons. The largest absolute Gasteiger partial charge is 0.380 e. The van der Waals surface area contributed by atoms with Crippen LogP contribution in [0.2, 0.25) is 0 Å². The van der Waals surface area contributed by atoms with Crippen LogP contribution in [0.15, 0.2) is 12.2 Å². The van der Waals surface area contributed by atoms with Crippen LogP contribution in [-0.2, 0) is 9.36 Å². The van der Waals surface area contributed by atoms with E-state index in [0.717, 1.165) is 19.3 Å². The molecule has 2 unspecified atom stereocenters. The number of hydroxylamine groups is 2. The minimum absolute atomic E-state index is 0.0468. The summed E-state index contributed by atoms with van der Waals surface area (Å²) in [6.07, 6.45) is 6.43. The SMILES string of the molecule is O=PC(O)CNCC(=O)N(O)C1C=CCCC1. The summed E-state index contributed by atoms with van der Waals surface area (Å²) in [6.45, 7) is -0.0431. The van der Waals surface area contributed by atoms with E-state index in [1.807, 2.05) is 12.2 Å². The van der Waals surface area contributed by atoms with Crippen LogP contribution in [0.1, 0.15) is 19.3 Å². The molecule has 0 saturated carbocycles. The fourth-order valence-electron chi connectivity index (χ4n) is 1.61. The highest BCUT2D eigenvalue weighted by Crippen LogP contribution is 2.14. The number of amides is 1. The van der Waals surface area contributed by atoms with Crippen LogP contribution in [0.25, 0.3) is 0 Å². The van der Waals surface area contributed by atoms with Crippen molar-refractivity contribution in [3.63, 3.8) is 0 Å². The smallest absolute Gasteiger partial charge is 0.260 e. The minimum Gasteiger partial charge on any atom is -0.380 e. The summed E-state index contributed by atoms with van der Waals surface area (Å²) < 4.78 is 10.2. The molecule has 0 bridgehead atoms. The summed E-state index contributed by atoms with van der Waals surface area (Å²) in [5, 5.41) is 21.9. The third kappa shape index (κ3) is 4.91. The van der Waals surface area contributed by atoms with E-state index in [1.165, 1.54) is 0 Å². The standard InChI is InChI=1S/C10H17N2O4P/c13-9(6-11-7-10(14)17-16)12(15)8-4-2-1-3-5-8/h2,4,8,10-11,14-15H,1,3,5-7H2. The molecule has 0 aromatic heterocycles. The van der Waals surface area contributed by atoms with Gasteiger partial charge in [-0.25, -0.2) is 5.06 Å². The first-order valence-electron chi connectivity index (χ1n) is 5.54. The minimum atomic E-state index is -1.02. The number of carbonyl (C=O) groups is 1. The van der Waals surface area contributed by atoms with Gasteiger partial charge >= 0.3 is 0 Å². The molecule has 1 rings (SSSR count). The van der Waals surface area contributed by atoms with Gasteiger partial charge in [-0.05, 0) is 19.3 Å². The fourth-order valence-corrected chi connectivity index (χ4v) is 1.81. The molecule has 0 radical (unpaired) electrons. The maximum atomic E-state index is 11.5. The lowest BCUT2D eigenvalue weighted by Crippen LogP contribution is -2.43. The summed E-state index contributed by atoms with van der Waals surface area (Å²) in [5.74, 6) is -1.49. The molecule has 1 aliphatic carbocycles. The third-order valence-corrected chi connectivity index (χ3v) is 2.95. The van der Waals surface area contributed by atoms with E-state index >= 15 is 0 Å². The average Bonchev–Trinajstić information content (AvgIpc) is 2.38. The lowest BCUT2D eigenvalue weighted by molar-refractivity contribution is -0.171. The first kappa shape index (κ1) is 14.3. The van der Waals surface area contributed by atoms with Crippen molar-refractivity contribution in [2.45, 2.75) is 31.1 Å². The van der Waals surface area contributed by atoms with Crippen LogP contribution < -0.4 is 5.32 Å². The van der Waals surface area contributed by atoms with Crippen molar-refractivity contribution in [3.05, 3.63) is 12.2 Å². The monoisotopic (exact) mass is 260 g/mol. The van der Waals surface area contributed by atoms with Crippen molar-refractivity contribution < 1.29 is 19.7 Å². The second-order valence-electron chi connectivity index (χ2n) is 3.88. The number of nitrogens with one attached hydrogen (secondary N) is 1. The molecule has 0 aromatic rings. The van der Waals surface area contributed by atoms with E-state index < -0.39 is 11.8 Å². The van der Waals surface area contributed by atoms with Crippen LogP contribution in [-0.4, -0.2) is 46.3 Å². The molecule has 1 aliphatic rings. The van der Waals surface area contributed by atoms with Gasteiger partial charge in [0.2, 0.25) is 0 Å². The van der Waals surface area contributed by atoms with Gasteiger partial charge in [0.25, 0.3) is 5.91 Å². The highest BCUT2D eigenvalue weighted by Gasteiger charge is 2.20. The zero-order valence-corrected chi connectivity index (χ0v) is 10.3. The first-order valence-corrected chi connectivity index (χ1v) is 6.42. The van der Waals surface area contributed by atoms with Gasteiger partial charge in [-0.3, -0.25) is 14.6 Å². The average molecular weight is 260 g/mol. The van der Waals surface area contributed by atoms with Crippen molar-refractivity contribution >= 4 is 14.4 Å². The Kier molecular flexibility index (Phi) is 6.29. The Hall–Kier alpha value is -0.810. The van der Waals surface area contributed by atoms with Crippen LogP contribution in [0.4, 0.5) is 0 Å². The second-order valence-corrected chi connectivity index (χ2v) is 4.69. The van der Waals surface area contributed by atoms with Crippen molar-refractivity contribution in [1.82, 2.24) is 10.4 Å². The topological polar surface area (TPSA) is 89.9 Å². The molecule has 0 saturated heterocycles. The number of allylic oxidation sites excluding steroid dienone is 1. The number of hydrogen-bond acceptors (Lipinski definition) is 5. The van der Waals surface area contributed by atoms with Gasteiger partial charge in [0, 0.05) is 6.54 Å². The van der Waals surface area contributed by atoms with E-state index in [-0.39, 0.29) is 27.6 Å². The zero-order chi connectivity index (χ0) is 12.7. The summed E-state index contributed by atoms with van der Waals surface area (Å²) in [5.41, 5.74) is 0. The molecule has 0 fully saturated rings. The molecule has 3 N–H and O–H groups in total. The molecule has 7 heteroatoms. The van der Waals surface area contributed by atoms with Gasteiger partial charge in [0.1, 0.15) is 5.85 Å². The lowest BCUT2D eigenvalue weighted by atomic mass is 10.0. The molecule has 1 amide bonds. The van der Waals surface area contributed by atoms with E-state index in [0.29, 0.717) is 5.06 Å². The molecule has 0 aliphatic heterocycles. The van der Waals surface area contributed by atoms with E-state index in [1.54, 1.807) is 0 Å². The maximum absolute atomic E-state index is 11.5. The third-order valence-electron chi connectivity index (χ3n) is 2.52. The summed E-state index contributed by atoms with van der Waals surface area (Å²) in [4.78, 5) is 11.5. The number of hydrogen-bond donors (Lipinski definition) is 3. The highest BCUT2D eigenvalue weighted by molar-refractivity contribution is 7.24. The van der Waals surface area contributed by atoms with E-state index in [9.17, 15) is 14.6 Å². The van der Waals surface area contributed by atoms with Crippen LogP contribution in [0.5, 0.6) is 0 Å². The molecule has 2 atom stereocenters.